The summed E-state index contributed by atoms with van der Waals surface area (Å²) in [5, 5.41) is 3.63. The lowest BCUT2D eigenvalue weighted by Gasteiger charge is -2.08. The molecule has 0 aliphatic carbocycles. The predicted octanol–water partition coefficient (Wildman–Crippen LogP) is 5.25. The van der Waals surface area contributed by atoms with Gasteiger partial charge in [0.05, 0.1) is 26.9 Å². The Balaban J connectivity index is 1.64. The maximum absolute atomic E-state index is 13.3. The quantitative estimate of drug-likeness (QED) is 0.391. The number of carbonyl (C=O) groups is 2. The van der Waals surface area contributed by atoms with Crippen molar-refractivity contribution in [1.82, 2.24) is 0 Å². The van der Waals surface area contributed by atoms with Gasteiger partial charge in [0.25, 0.3) is 5.91 Å². The van der Waals surface area contributed by atoms with Crippen molar-refractivity contribution in [3.63, 3.8) is 0 Å². The number of ether oxygens (including phenoxy) is 3. The summed E-state index contributed by atoms with van der Waals surface area (Å²) in [6.45, 7) is 1.82. The van der Waals surface area contributed by atoms with Gasteiger partial charge in [-0.1, -0.05) is 0 Å². The Bertz CT molecular complexity index is 1340. The van der Waals surface area contributed by atoms with E-state index in [4.69, 9.17) is 18.6 Å². The zero-order chi connectivity index (χ0) is 23.5. The summed E-state index contributed by atoms with van der Waals surface area (Å²) in [5.41, 5.74) is 2.58. The van der Waals surface area contributed by atoms with Crippen LogP contribution in [0, 0.1) is 6.92 Å². The summed E-state index contributed by atoms with van der Waals surface area (Å²) in [6.07, 6.45) is 0. The van der Waals surface area contributed by atoms with Crippen molar-refractivity contribution < 1.29 is 28.2 Å². The van der Waals surface area contributed by atoms with E-state index >= 15 is 0 Å². The molecule has 0 unspecified atom stereocenters. The van der Waals surface area contributed by atoms with E-state index in [9.17, 15) is 9.59 Å². The molecule has 3 aromatic carbocycles. The van der Waals surface area contributed by atoms with E-state index in [0.29, 0.717) is 45.2 Å². The Morgan fingerprint density at radius 2 is 1.52 bits per heavy atom. The van der Waals surface area contributed by atoms with E-state index in [1.54, 1.807) is 61.7 Å². The molecule has 1 aromatic heterocycles. The molecule has 1 heterocycles. The van der Waals surface area contributed by atoms with Crippen LogP contribution in [0.1, 0.15) is 32.0 Å². The smallest absolute Gasteiger partial charge is 0.255 e. The largest absolute Gasteiger partial charge is 0.497 e. The van der Waals surface area contributed by atoms with E-state index in [0.717, 1.165) is 5.39 Å². The second-order valence-electron chi connectivity index (χ2n) is 7.35. The van der Waals surface area contributed by atoms with Gasteiger partial charge in [-0.2, -0.15) is 0 Å². The van der Waals surface area contributed by atoms with Crippen molar-refractivity contribution in [2.24, 2.45) is 0 Å². The minimum atomic E-state index is -0.316. The topological polar surface area (TPSA) is 87.0 Å². The molecule has 1 N–H and O–H groups in total. The molecule has 0 atom stereocenters. The van der Waals surface area contributed by atoms with Crippen LogP contribution in [0.25, 0.3) is 11.0 Å². The number of benzene rings is 3. The van der Waals surface area contributed by atoms with E-state index in [-0.39, 0.29) is 17.5 Å². The highest BCUT2D eigenvalue weighted by Crippen LogP contribution is 2.32. The SMILES string of the molecule is COc1ccc(C(=O)Nc2ccc3c(C)c(C(=O)c4cc(OC)ccc4OC)oc3c2)cc1. The van der Waals surface area contributed by atoms with E-state index < -0.39 is 0 Å². The van der Waals surface area contributed by atoms with Gasteiger partial charge >= 0.3 is 0 Å². The maximum atomic E-state index is 13.3. The molecule has 0 aliphatic rings. The fraction of sp³-hybridized carbons (Fsp3) is 0.154. The number of ketones is 1. The summed E-state index contributed by atoms with van der Waals surface area (Å²) in [5.74, 6) is 1.25. The van der Waals surface area contributed by atoms with Gasteiger partial charge in [-0.3, -0.25) is 9.59 Å². The van der Waals surface area contributed by atoms with E-state index in [1.807, 2.05) is 13.0 Å². The van der Waals surface area contributed by atoms with E-state index in [2.05, 4.69) is 5.32 Å². The zero-order valence-corrected chi connectivity index (χ0v) is 18.7. The highest BCUT2D eigenvalue weighted by atomic mass is 16.5. The van der Waals surface area contributed by atoms with Gasteiger partial charge in [-0.05, 0) is 61.5 Å². The molecule has 0 spiro atoms. The Hall–Kier alpha value is -4.26. The number of aryl methyl sites for hydroxylation is 1. The number of methoxy groups -OCH3 is 3. The molecule has 0 radical (unpaired) electrons. The van der Waals surface area contributed by atoms with Crippen molar-refractivity contribution in [1.29, 1.82) is 0 Å². The molecule has 7 nitrogen and oxygen atoms in total. The molecule has 0 fully saturated rings. The van der Waals surface area contributed by atoms with E-state index in [1.165, 1.54) is 14.2 Å². The van der Waals surface area contributed by atoms with Gasteiger partial charge in [0.2, 0.25) is 5.78 Å². The summed E-state index contributed by atoms with van der Waals surface area (Å²) in [4.78, 5) is 25.9. The highest BCUT2D eigenvalue weighted by Gasteiger charge is 2.23. The van der Waals surface area contributed by atoms with Crippen LogP contribution in [0.5, 0.6) is 17.2 Å². The summed E-state index contributed by atoms with van der Waals surface area (Å²) < 4.78 is 21.6. The predicted molar refractivity (Wildman–Crippen MR) is 125 cm³/mol. The lowest BCUT2D eigenvalue weighted by molar-refractivity contribution is 0.100. The molecular formula is C26H23NO6. The van der Waals surface area contributed by atoms with Crippen LogP contribution in [0.3, 0.4) is 0 Å². The van der Waals surface area contributed by atoms with Crippen LogP contribution < -0.4 is 19.5 Å². The molecule has 1 amide bonds. The second kappa shape index (κ2) is 9.08. The number of amides is 1. The molecule has 7 heteroatoms. The average Bonchev–Trinajstić information content (AvgIpc) is 3.18. The monoisotopic (exact) mass is 445 g/mol. The maximum Gasteiger partial charge on any atom is 0.255 e. The number of anilines is 1. The summed E-state index contributed by atoms with van der Waals surface area (Å²) in [6, 6.07) is 17.1. The molecule has 0 aliphatic heterocycles. The molecule has 4 aromatic rings. The third kappa shape index (κ3) is 4.25. The van der Waals surface area contributed by atoms with Gasteiger partial charge in [0.1, 0.15) is 22.8 Å². The summed E-state index contributed by atoms with van der Waals surface area (Å²) in [7, 11) is 4.60. The Kier molecular flexibility index (Phi) is 6.04. The summed E-state index contributed by atoms with van der Waals surface area (Å²) >= 11 is 0. The first-order chi connectivity index (χ1) is 15.9. The molecule has 168 valence electrons. The Morgan fingerprint density at radius 1 is 0.818 bits per heavy atom. The van der Waals surface area contributed by atoms with Crippen molar-refractivity contribution in [3.05, 3.63) is 83.1 Å². The first-order valence-corrected chi connectivity index (χ1v) is 10.2. The second-order valence-corrected chi connectivity index (χ2v) is 7.35. The number of hydrogen-bond acceptors (Lipinski definition) is 6. The molecular weight excluding hydrogens is 422 g/mol. The van der Waals surface area contributed by atoms with Crippen LogP contribution in [-0.2, 0) is 0 Å². The minimum Gasteiger partial charge on any atom is -0.497 e. The lowest BCUT2D eigenvalue weighted by atomic mass is 10.0. The zero-order valence-electron chi connectivity index (χ0n) is 18.7. The number of furan rings is 1. The lowest BCUT2D eigenvalue weighted by Crippen LogP contribution is -2.11. The van der Waals surface area contributed by atoms with Crippen LogP contribution in [-0.4, -0.2) is 33.0 Å². The normalized spacial score (nSPS) is 10.7. The molecule has 0 saturated heterocycles. The van der Waals surface area contributed by atoms with Crippen LogP contribution in [0.2, 0.25) is 0 Å². The number of nitrogens with one attached hydrogen (secondary N) is 1. The third-order valence-corrected chi connectivity index (χ3v) is 5.41. The minimum absolute atomic E-state index is 0.204. The molecule has 0 saturated carbocycles. The number of carbonyl (C=O) groups excluding carboxylic acids is 2. The first-order valence-electron chi connectivity index (χ1n) is 10.2. The van der Waals surface area contributed by atoms with Gasteiger partial charge in [-0.15, -0.1) is 0 Å². The fourth-order valence-corrected chi connectivity index (χ4v) is 3.58. The van der Waals surface area contributed by atoms with Gasteiger partial charge in [-0.25, -0.2) is 0 Å². The molecule has 0 bridgehead atoms. The fourth-order valence-electron chi connectivity index (χ4n) is 3.58. The number of rotatable bonds is 7. The van der Waals surface area contributed by atoms with Crippen LogP contribution in [0.4, 0.5) is 5.69 Å². The third-order valence-electron chi connectivity index (χ3n) is 5.41. The standard InChI is InChI=1S/C26H23NO6/c1-15-20-11-7-17(27-26(29)16-5-8-18(30-2)9-6-16)13-23(20)33-25(15)24(28)21-14-19(31-3)10-12-22(21)32-4/h5-14H,1-4H3,(H,27,29). The number of hydrogen-bond donors (Lipinski definition) is 1. The molecule has 33 heavy (non-hydrogen) atoms. The first kappa shape index (κ1) is 22.0. The highest BCUT2D eigenvalue weighted by molar-refractivity contribution is 6.12. The van der Waals surface area contributed by atoms with Gasteiger partial charge in [0.15, 0.2) is 5.76 Å². The van der Waals surface area contributed by atoms with Gasteiger partial charge in [0, 0.05) is 28.3 Å². The average molecular weight is 445 g/mol. The Labute approximate surface area is 190 Å². The number of fused-ring (bicyclic) bond motifs is 1. The van der Waals surface area contributed by atoms with Crippen molar-refractivity contribution in [3.8, 4) is 17.2 Å². The van der Waals surface area contributed by atoms with Crippen molar-refractivity contribution in [2.75, 3.05) is 26.6 Å². The Morgan fingerprint density at radius 3 is 2.18 bits per heavy atom. The van der Waals surface area contributed by atoms with Crippen LogP contribution in [0.15, 0.2) is 65.1 Å². The van der Waals surface area contributed by atoms with Crippen molar-refractivity contribution >= 4 is 28.3 Å². The van der Waals surface area contributed by atoms with Crippen molar-refractivity contribution in [2.45, 2.75) is 6.92 Å². The van der Waals surface area contributed by atoms with Crippen LogP contribution >= 0.6 is 0 Å². The molecule has 4 rings (SSSR count). The van der Waals surface area contributed by atoms with Gasteiger partial charge < -0.3 is 23.9 Å².